The molecule has 0 aliphatic rings. The molecule has 1 aromatic heterocycles. The fraction of sp³-hybridized carbons (Fsp3) is 0.750. The SMILES string of the molecule is Cc1nc(NCC(C)(C)CCCO)sc1C. The van der Waals surface area contributed by atoms with Crippen molar-refractivity contribution in [1.82, 2.24) is 4.98 Å². The Balaban J connectivity index is 2.44. The normalized spacial score (nSPS) is 11.8. The number of aliphatic hydroxyl groups is 1. The topological polar surface area (TPSA) is 45.2 Å². The van der Waals surface area contributed by atoms with Gasteiger partial charge in [0.1, 0.15) is 0 Å². The summed E-state index contributed by atoms with van der Waals surface area (Å²) < 4.78 is 0. The summed E-state index contributed by atoms with van der Waals surface area (Å²) in [5, 5.41) is 13.2. The van der Waals surface area contributed by atoms with Gasteiger partial charge < -0.3 is 10.4 Å². The van der Waals surface area contributed by atoms with Gasteiger partial charge in [0, 0.05) is 18.0 Å². The van der Waals surface area contributed by atoms with Gasteiger partial charge in [-0.1, -0.05) is 13.8 Å². The summed E-state index contributed by atoms with van der Waals surface area (Å²) in [6.07, 6.45) is 1.89. The molecule has 4 heteroatoms. The van der Waals surface area contributed by atoms with Gasteiger partial charge in [-0.15, -0.1) is 11.3 Å². The van der Waals surface area contributed by atoms with Crippen LogP contribution in [0.2, 0.25) is 0 Å². The van der Waals surface area contributed by atoms with Crippen LogP contribution in [-0.4, -0.2) is 23.2 Å². The molecule has 1 heterocycles. The highest BCUT2D eigenvalue weighted by atomic mass is 32.1. The predicted molar refractivity (Wildman–Crippen MR) is 70.2 cm³/mol. The van der Waals surface area contributed by atoms with Crippen LogP contribution in [0.4, 0.5) is 5.13 Å². The minimum absolute atomic E-state index is 0.205. The summed E-state index contributed by atoms with van der Waals surface area (Å²) in [6, 6.07) is 0. The quantitative estimate of drug-likeness (QED) is 0.806. The molecule has 2 N–H and O–H groups in total. The van der Waals surface area contributed by atoms with Crippen molar-refractivity contribution >= 4 is 16.5 Å². The maximum absolute atomic E-state index is 8.82. The third-order valence-corrected chi connectivity index (χ3v) is 3.79. The molecule has 1 aromatic rings. The van der Waals surface area contributed by atoms with Crippen molar-refractivity contribution in [2.24, 2.45) is 5.41 Å². The van der Waals surface area contributed by atoms with E-state index in [1.165, 1.54) is 4.88 Å². The molecule has 0 saturated carbocycles. The average molecular weight is 242 g/mol. The molecule has 0 aliphatic carbocycles. The van der Waals surface area contributed by atoms with Gasteiger partial charge in [-0.25, -0.2) is 4.98 Å². The van der Waals surface area contributed by atoms with Crippen molar-refractivity contribution in [1.29, 1.82) is 0 Å². The Morgan fingerprint density at radius 1 is 1.38 bits per heavy atom. The van der Waals surface area contributed by atoms with Crippen molar-refractivity contribution in [3.8, 4) is 0 Å². The molecule has 3 nitrogen and oxygen atoms in total. The lowest BCUT2D eigenvalue weighted by Crippen LogP contribution is -2.23. The number of aromatic nitrogens is 1. The van der Waals surface area contributed by atoms with E-state index in [9.17, 15) is 0 Å². The first-order valence-corrected chi connectivity index (χ1v) is 6.55. The van der Waals surface area contributed by atoms with Crippen LogP contribution in [0, 0.1) is 19.3 Å². The highest BCUT2D eigenvalue weighted by Crippen LogP contribution is 2.25. The largest absolute Gasteiger partial charge is 0.396 e. The summed E-state index contributed by atoms with van der Waals surface area (Å²) in [6.45, 7) is 9.73. The van der Waals surface area contributed by atoms with E-state index in [2.05, 4.69) is 31.1 Å². The first-order chi connectivity index (χ1) is 7.44. The monoisotopic (exact) mass is 242 g/mol. The second-order valence-electron chi connectivity index (χ2n) is 5.01. The lowest BCUT2D eigenvalue weighted by molar-refractivity contribution is 0.248. The fourth-order valence-electron chi connectivity index (χ4n) is 1.51. The van der Waals surface area contributed by atoms with Crippen LogP contribution in [0.15, 0.2) is 0 Å². The number of rotatable bonds is 6. The molecule has 0 fully saturated rings. The second-order valence-corrected chi connectivity index (χ2v) is 6.21. The minimum Gasteiger partial charge on any atom is -0.396 e. The smallest absolute Gasteiger partial charge is 0.183 e. The van der Waals surface area contributed by atoms with Crippen LogP contribution in [0.25, 0.3) is 0 Å². The van der Waals surface area contributed by atoms with E-state index in [-0.39, 0.29) is 12.0 Å². The molecule has 0 amide bonds. The standard InChI is InChI=1S/C12H22N2OS/c1-9-10(2)16-11(14-9)13-8-12(3,4)6-5-7-15/h15H,5-8H2,1-4H3,(H,13,14). The van der Waals surface area contributed by atoms with Crippen LogP contribution < -0.4 is 5.32 Å². The Kier molecular flexibility index (Phi) is 4.74. The van der Waals surface area contributed by atoms with E-state index >= 15 is 0 Å². The van der Waals surface area contributed by atoms with Crippen LogP contribution in [0.5, 0.6) is 0 Å². The highest BCUT2D eigenvalue weighted by Gasteiger charge is 2.17. The van der Waals surface area contributed by atoms with Crippen molar-refractivity contribution in [3.05, 3.63) is 10.6 Å². The molecular formula is C12H22N2OS. The van der Waals surface area contributed by atoms with Gasteiger partial charge in [0.2, 0.25) is 0 Å². The second kappa shape index (κ2) is 5.64. The third-order valence-electron chi connectivity index (χ3n) is 2.76. The lowest BCUT2D eigenvalue weighted by atomic mass is 9.88. The zero-order valence-corrected chi connectivity index (χ0v) is 11.4. The molecule has 0 bridgehead atoms. The van der Waals surface area contributed by atoms with Crippen molar-refractivity contribution in [2.75, 3.05) is 18.5 Å². The Hall–Kier alpha value is -0.610. The maximum Gasteiger partial charge on any atom is 0.183 e. The predicted octanol–water partition coefficient (Wildman–Crippen LogP) is 2.97. The van der Waals surface area contributed by atoms with E-state index in [1.807, 2.05) is 6.92 Å². The van der Waals surface area contributed by atoms with Gasteiger partial charge in [-0.2, -0.15) is 0 Å². The van der Waals surface area contributed by atoms with Crippen LogP contribution in [0.3, 0.4) is 0 Å². The van der Waals surface area contributed by atoms with Crippen molar-refractivity contribution in [3.63, 3.8) is 0 Å². The zero-order chi connectivity index (χ0) is 12.2. The Labute approximate surface area is 102 Å². The Morgan fingerprint density at radius 2 is 2.06 bits per heavy atom. The third kappa shape index (κ3) is 4.10. The minimum atomic E-state index is 0.205. The fourth-order valence-corrected chi connectivity index (χ4v) is 2.32. The van der Waals surface area contributed by atoms with Gasteiger partial charge in [-0.05, 0) is 32.1 Å². The number of nitrogens with zero attached hydrogens (tertiary/aromatic N) is 1. The van der Waals surface area contributed by atoms with Gasteiger partial charge in [0.05, 0.1) is 5.69 Å². The summed E-state index contributed by atoms with van der Waals surface area (Å²) >= 11 is 1.71. The first-order valence-electron chi connectivity index (χ1n) is 5.73. The van der Waals surface area contributed by atoms with E-state index in [0.29, 0.717) is 0 Å². The van der Waals surface area contributed by atoms with Crippen molar-refractivity contribution < 1.29 is 5.11 Å². The lowest BCUT2D eigenvalue weighted by Gasteiger charge is -2.24. The molecule has 0 unspecified atom stereocenters. The van der Waals surface area contributed by atoms with Gasteiger partial charge >= 0.3 is 0 Å². The molecule has 16 heavy (non-hydrogen) atoms. The van der Waals surface area contributed by atoms with Crippen LogP contribution in [-0.2, 0) is 0 Å². The number of aliphatic hydroxyl groups excluding tert-OH is 1. The molecule has 0 radical (unpaired) electrons. The summed E-state index contributed by atoms with van der Waals surface area (Å²) in [4.78, 5) is 5.73. The molecule has 92 valence electrons. The zero-order valence-electron chi connectivity index (χ0n) is 10.6. The molecule has 0 atom stereocenters. The van der Waals surface area contributed by atoms with Gasteiger partial charge in [0.15, 0.2) is 5.13 Å². The van der Waals surface area contributed by atoms with Crippen molar-refractivity contribution in [2.45, 2.75) is 40.5 Å². The molecular weight excluding hydrogens is 220 g/mol. The Bertz CT molecular complexity index is 314. The summed E-state index contributed by atoms with van der Waals surface area (Å²) in [5.74, 6) is 0. The molecule has 0 aliphatic heterocycles. The molecule has 0 aromatic carbocycles. The number of aryl methyl sites for hydroxylation is 2. The number of thiazole rings is 1. The summed E-state index contributed by atoms with van der Waals surface area (Å²) in [7, 11) is 0. The number of hydrogen-bond acceptors (Lipinski definition) is 4. The summed E-state index contributed by atoms with van der Waals surface area (Å²) in [5.41, 5.74) is 1.32. The molecule has 1 rings (SSSR count). The average Bonchev–Trinajstić information content (AvgIpc) is 2.53. The van der Waals surface area contributed by atoms with Crippen LogP contribution in [0.1, 0.15) is 37.3 Å². The maximum atomic E-state index is 8.82. The molecule has 0 spiro atoms. The molecule has 0 saturated heterocycles. The highest BCUT2D eigenvalue weighted by molar-refractivity contribution is 7.15. The first kappa shape index (κ1) is 13.5. The van der Waals surface area contributed by atoms with E-state index in [1.54, 1.807) is 11.3 Å². The van der Waals surface area contributed by atoms with Gasteiger partial charge in [0.25, 0.3) is 0 Å². The van der Waals surface area contributed by atoms with Crippen LogP contribution >= 0.6 is 11.3 Å². The number of hydrogen-bond donors (Lipinski definition) is 2. The Morgan fingerprint density at radius 3 is 2.56 bits per heavy atom. The van der Waals surface area contributed by atoms with Gasteiger partial charge in [-0.3, -0.25) is 0 Å². The van der Waals surface area contributed by atoms with E-state index in [0.717, 1.165) is 30.2 Å². The van der Waals surface area contributed by atoms with E-state index < -0.39 is 0 Å². The number of nitrogens with one attached hydrogen (secondary N) is 1. The number of anilines is 1. The van der Waals surface area contributed by atoms with E-state index in [4.69, 9.17) is 5.11 Å².